The number of carbonyl (C=O) groups excluding carboxylic acids is 1. The summed E-state index contributed by atoms with van der Waals surface area (Å²) in [5.41, 5.74) is 2.75. The van der Waals surface area contributed by atoms with Crippen molar-refractivity contribution in [3.8, 4) is 5.75 Å². The Bertz CT molecular complexity index is 624. The van der Waals surface area contributed by atoms with Crippen LogP contribution in [0.15, 0.2) is 42.6 Å². The molecule has 0 radical (unpaired) electrons. The van der Waals surface area contributed by atoms with Gasteiger partial charge in [0.1, 0.15) is 11.4 Å². The number of hydrogen-bond acceptors (Lipinski definition) is 3. The predicted molar refractivity (Wildman–Crippen MR) is 86.9 cm³/mol. The summed E-state index contributed by atoms with van der Waals surface area (Å²) in [5, 5.41) is 2.92. The van der Waals surface area contributed by atoms with Gasteiger partial charge in [0.2, 0.25) is 0 Å². The van der Waals surface area contributed by atoms with E-state index in [2.05, 4.69) is 24.1 Å². The highest BCUT2D eigenvalue weighted by molar-refractivity contribution is 5.92. The number of ether oxygens (including phenoxy) is 1. The van der Waals surface area contributed by atoms with Crippen LogP contribution in [0.2, 0.25) is 0 Å². The number of amides is 1. The Morgan fingerprint density at radius 3 is 2.68 bits per heavy atom. The van der Waals surface area contributed by atoms with Gasteiger partial charge in [-0.3, -0.25) is 9.78 Å². The number of benzene rings is 1. The van der Waals surface area contributed by atoms with Gasteiger partial charge < -0.3 is 10.1 Å². The van der Waals surface area contributed by atoms with E-state index >= 15 is 0 Å². The zero-order chi connectivity index (χ0) is 15.9. The van der Waals surface area contributed by atoms with E-state index in [0.29, 0.717) is 18.2 Å². The van der Waals surface area contributed by atoms with E-state index in [1.807, 2.05) is 18.2 Å². The fraction of sp³-hybridized carbons (Fsp3) is 0.333. The molecule has 0 aliphatic heterocycles. The van der Waals surface area contributed by atoms with Gasteiger partial charge in [0.15, 0.2) is 0 Å². The van der Waals surface area contributed by atoms with Crippen LogP contribution >= 0.6 is 0 Å². The Balaban J connectivity index is 2.10. The first-order chi connectivity index (χ1) is 10.6. The normalized spacial score (nSPS) is 10.5. The van der Waals surface area contributed by atoms with Crippen molar-refractivity contribution < 1.29 is 9.53 Å². The number of pyridine rings is 1. The number of hydrogen-bond donors (Lipinski definition) is 1. The van der Waals surface area contributed by atoms with Gasteiger partial charge in [-0.1, -0.05) is 26.0 Å². The lowest BCUT2D eigenvalue weighted by Crippen LogP contribution is -2.24. The van der Waals surface area contributed by atoms with Crippen LogP contribution in [-0.4, -0.2) is 18.0 Å². The maximum Gasteiger partial charge on any atom is 0.270 e. The third-order valence-electron chi connectivity index (χ3n) is 3.38. The van der Waals surface area contributed by atoms with Crippen molar-refractivity contribution in [1.29, 1.82) is 0 Å². The zero-order valence-electron chi connectivity index (χ0n) is 13.3. The second-order valence-electron chi connectivity index (χ2n) is 5.63. The minimum Gasteiger partial charge on any atom is -0.497 e. The lowest BCUT2D eigenvalue weighted by Gasteiger charge is -2.14. The minimum atomic E-state index is -0.160. The highest BCUT2D eigenvalue weighted by atomic mass is 16.5. The standard InChI is InChI=1S/C18H22N2O2/c1-13(2)10-15-11-16(22-3)8-7-14(15)12-20-18(21)17-6-4-5-9-19-17/h4-9,11,13H,10,12H2,1-3H3,(H,20,21). The molecule has 1 heterocycles. The van der Waals surface area contributed by atoms with Crippen molar-refractivity contribution >= 4 is 5.91 Å². The predicted octanol–water partition coefficient (Wildman–Crippen LogP) is 3.22. The molecular formula is C18H22N2O2. The van der Waals surface area contributed by atoms with E-state index in [1.165, 1.54) is 5.56 Å². The molecule has 22 heavy (non-hydrogen) atoms. The molecule has 0 aliphatic rings. The summed E-state index contributed by atoms with van der Waals surface area (Å²) in [6.07, 6.45) is 2.57. The van der Waals surface area contributed by atoms with Gasteiger partial charge in [-0.05, 0) is 47.7 Å². The van der Waals surface area contributed by atoms with E-state index in [4.69, 9.17) is 4.74 Å². The molecule has 0 saturated carbocycles. The molecule has 2 aromatic rings. The molecule has 4 heteroatoms. The molecule has 1 aromatic heterocycles. The smallest absolute Gasteiger partial charge is 0.270 e. The van der Waals surface area contributed by atoms with E-state index in [1.54, 1.807) is 31.5 Å². The quantitative estimate of drug-likeness (QED) is 0.891. The van der Waals surface area contributed by atoms with Crippen molar-refractivity contribution in [2.75, 3.05) is 7.11 Å². The summed E-state index contributed by atoms with van der Waals surface area (Å²) in [6.45, 7) is 4.84. The highest BCUT2D eigenvalue weighted by Crippen LogP contribution is 2.20. The molecule has 0 bridgehead atoms. The SMILES string of the molecule is COc1ccc(CNC(=O)c2ccccn2)c(CC(C)C)c1. The van der Waals surface area contributed by atoms with Crippen LogP contribution in [0.1, 0.15) is 35.5 Å². The van der Waals surface area contributed by atoms with E-state index in [-0.39, 0.29) is 5.91 Å². The van der Waals surface area contributed by atoms with Crippen LogP contribution in [0.25, 0.3) is 0 Å². The molecule has 0 fully saturated rings. The number of rotatable bonds is 6. The molecule has 0 saturated heterocycles. The average molecular weight is 298 g/mol. The van der Waals surface area contributed by atoms with E-state index in [9.17, 15) is 4.79 Å². The van der Waals surface area contributed by atoms with Crippen molar-refractivity contribution in [3.63, 3.8) is 0 Å². The van der Waals surface area contributed by atoms with Gasteiger partial charge in [0, 0.05) is 12.7 Å². The number of aromatic nitrogens is 1. The molecule has 0 spiro atoms. The molecule has 1 amide bonds. The summed E-state index contributed by atoms with van der Waals surface area (Å²) in [4.78, 5) is 16.1. The van der Waals surface area contributed by atoms with Crippen LogP contribution in [0.4, 0.5) is 0 Å². The Labute approximate surface area is 131 Å². The number of carbonyl (C=O) groups is 1. The first-order valence-corrected chi connectivity index (χ1v) is 7.45. The third kappa shape index (κ3) is 4.32. The molecule has 0 atom stereocenters. The molecule has 0 unspecified atom stereocenters. The van der Waals surface area contributed by atoms with Crippen molar-refractivity contribution in [2.45, 2.75) is 26.8 Å². The second kappa shape index (κ2) is 7.59. The van der Waals surface area contributed by atoms with Gasteiger partial charge >= 0.3 is 0 Å². The highest BCUT2D eigenvalue weighted by Gasteiger charge is 2.10. The molecular weight excluding hydrogens is 276 g/mol. The van der Waals surface area contributed by atoms with Gasteiger partial charge in [0.25, 0.3) is 5.91 Å². The zero-order valence-corrected chi connectivity index (χ0v) is 13.3. The first kappa shape index (κ1) is 16.0. The summed E-state index contributed by atoms with van der Waals surface area (Å²) in [6, 6.07) is 11.3. The van der Waals surface area contributed by atoms with Gasteiger partial charge in [-0.2, -0.15) is 0 Å². The fourth-order valence-electron chi connectivity index (χ4n) is 2.29. The van der Waals surface area contributed by atoms with Crippen LogP contribution in [0.5, 0.6) is 5.75 Å². The van der Waals surface area contributed by atoms with Crippen LogP contribution in [-0.2, 0) is 13.0 Å². The van der Waals surface area contributed by atoms with Crippen LogP contribution in [0, 0.1) is 5.92 Å². The monoisotopic (exact) mass is 298 g/mol. The number of nitrogens with zero attached hydrogens (tertiary/aromatic N) is 1. The third-order valence-corrected chi connectivity index (χ3v) is 3.38. The largest absolute Gasteiger partial charge is 0.497 e. The molecule has 116 valence electrons. The van der Waals surface area contributed by atoms with Crippen molar-refractivity contribution in [2.24, 2.45) is 5.92 Å². The maximum atomic E-state index is 12.1. The van der Waals surface area contributed by atoms with Crippen molar-refractivity contribution in [3.05, 3.63) is 59.4 Å². The van der Waals surface area contributed by atoms with E-state index in [0.717, 1.165) is 17.7 Å². The van der Waals surface area contributed by atoms with Gasteiger partial charge in [-0.15, -0.1) is 0 Å². The van der Waals surface area contributed by atoms with Crippen LogP contribution < -0.4 is 10.1 Å². The second-order valence-corrected chi connectivity index (χ2v) is 5.63. The van der Waals surface area contributed by atoms with Crippen LogP contribution in [0.3, 0.4) is 0 Å². The molecule has 0 aliphatic carbocycles. The summed E-state index contributed by atoms with van der Waals surface area (Å²) >= 11 is 0. The Kier molecular flexibility index (Phi) is 5.53. The summed E-state index contributed by atoms with van der Waals surface area (Å²) in [7, 11) is 1.66. The lowest BCUT2D eigenvalue weighted by atomic mass is 9.97. The lowest BCUT2D eigenvalue weighted by molar-refractivity contribution is 0.0946. The molecule has 4 nitrogen and oxygen atoms in total. The van der Waals surface area contributed by atoms with Gasteiger partial charge in [0.05, 0.1) is 7.11 Å². The van der Waals surface area contributed by atoms with Gasteiger partial charge in [-0.25, -0.2) is 0 Å². The first-order valence-electron chi connectivity index (χ1n) is 7.45. The van der Waals surface area contributed by atoms with E-state index < -0.39 is 0 Å². The Hall–Kier alpha value is -2.36. The molecule has 1 N–H and O–H groups in total. The average Bonchev–Trinajstić information content (AvgIpc) is 2.53. The number of nitrogens with one attached hydrogen (secondary N) is 1. The maximum absolute atomic E-state index is 12.1. The Morgan fingerprint density at radius 2 is 2.05 bits per heavy atom. The topological polar surface area (TPSA) is 51.2 Å². The minimum absolute atomic E-state index is 0.160. The van der Waals surface area contributed by atoms with Crippen molar-refractivity contribution in [1.82, 2.24) is 10.3 Å². The summed E-state index contributed by atoms with van der Waals surface area (Å²) in [5.74, 6) is 1.22. The Morgan fingerprint density at radius 1 is 1.23 bits per heavy atom. The molecule has 1 aromatic carbocycles. The fourth-order valence-corrected chi connectivity index (χ4v) is 2.29. The number of methoxy groups -OCH3 is 1. The molecule has 2 rings (SSSR count). The summed E-state index contributed by atoms with van der Waals surface area (Å²) < 4.78 is 5.29.